The molecule has 1 aromatic rings. The van der Waals surface area contributed by atoms with E-state index in [0.29, 0.717) is 5.41 Å². The summed E-state index contributed by atoms with van der Waals surface area (Å²) in [4.78, 5) is 0. The molecule has 1 fully saturated rings. The minimum Gasteiger partial charge on any atom is -0.312 e. The second kappa shape index (κ2) is 4.65. The van der Waals surface area contributed by atoms with Crippen molar-refractivity contribution in [2.75, 3.05) is 6.54 Å². The van der Waals surface area contributed by atoms with Gasteiger partial charge in [0.05, 0.1) is 0 Å². The van der Waals surface area contributed by atoms with E-state index in [4.69, 9.17) is 0 Å². The van der Waals surface area contributed by atoms with Crippen molar-refractivity contribution in [2.45, 2.75) is 52.5 Å². The highest BCUT2D eigenvalue weighted by atomic mass is 19.1. The average Bonchev–Trinajstić information content (AvgIpc) is 3.00. The Hall–Kier alpha value is -0.890. The third-order valence-corrected chi connectivity index (χ3v) is 3.82. The molecule has 0 bridgehead atoms. The lowest BCUT2D eigenvalue weighted by Crippen LogP contribution is -2.40. The van der Waals surface area contributed by atoms with E-state index in [9.17, 15) is 4.39 Å². The van der Waals surface area contributed by atoms with E-state index in [-0.39, 0.29) is 11.4 Å². The fourth-order valence-electron chi connectivity index (χ4n) is 2.31. The van der Waals surface area contributed by atoms with Crippen LogP contribution in [0.2, 0.25) is 0 Å². The molecule has 2 rings (SSSR count). The summed E-state index contributed by atoms with van der Waals surface area (Å²) in [6.07, 6.45) is 3.64. The van der Waals surface area contributed by atoms with E-state index in [1.165, 1.54) is 18.4 Å². The predicted octanol–water partition coefficient (Wildman–Crippen LogP) is 3.84. The van der Waals surface area contributed by atoms with Crippen LogP contribution < -0.4 is 5.32 Å². The van der Waals surface area contributed by atoms with Crippen LogP contribution in [-0.4, -0.2) is 12.1 Å². The fourth-order valence-corrected chi connectivity index (χ4v) is 2.31. The molecule has 1 aromatic carbocycles. The Labute approximate surface area is 110 Å². The van der Waals surface area contributed by atoms with Crippen molar-refractivity contribution >= 4 is 0 Å². The van der Waals surface area contributed by atoms with Crippen LogP contribution in [0.15, 0.2) is 18.2 Å². The summed E-state index contributed by atoms with van der Waals surface area (Å²) in [6.45, 7) is 9.67. The van der Waals surface area contributed by atoms with Crippen molar-refractivity contribution in [2.24, 2.45) is 5.41 Å². The maximum Gasteiger partial charge on any atom is 0.123 e. The molecule has 18 heavy (non-hydrogen) atoms. The molecule has 0 heterocycles. The summed E-state index contributed by atoms with van der Waals surface area (Å²) < 4.78 is 13.1. The zero-order chi connectivity index (χ0) is 13.4. The lowest BCUT2D eigenvalue weighted by atomic mass is 9.92. The van der Waals surface area contributed by atoms with Gasteiger partial charge in [-0.3, -0.25) is 0 Å². The van der Waals surface area contributed by atoms with Gasteiger partial charge in [0.25, 0.3) is 0 Å². The number of nitrogens with one attached hydrogen (secondary N) is 1. The van der Waals surface area contributed by atoms with Crippen LogP contribution in [0.25, 0.3) is 0 Å². The van der Waals surface area contributed by atoms with Crippen molar-refractivity contribution in [3.63, 3.8) is 0 Å². The molecule has 1 nitrogen and oxygen atoms in total. The lowest BCUT2D eigenvalue weighted by molar-refractivity contribution is 0.356. The van der Waals surface area contributed by atoms with Gasteiger partial charge >= 0.3 is 0 Å². The van der Waals surface area contributed by atoms with Gasteiger partial charge in [-0.1, -0.05) is 6.07 Å². The van der Waals surface area contributed by atoms with Crippen LogP contribution in [0, 0.1) is 18.2 Å². The highest BCUT2D eigenvalue weighted by Crippen LogP contribution is 2.48. The minimum absolute atomic E-state index is 0.131. The molecule has 0 atom stereocenters. The predicted molar refractivity (Wildman–Crippen MR) is 74.3 cm³/mol. The first-order valence-corrected chi connectivity index (χ1v) is 6.80. The minimum atomic E-state index is -0.131. The second-order valence-electron chi connectivity index (χ2n) is 6.85. The topological polar surface area (TPSA) is 12.0 Å². The van der Waals surface area contributed by atoms with Crippen LogP contribution in [0.3, 0.4) is 0 Å². The van der Waals surface area contributed by atoms with Gasteiger partial charge in [-0.15, -0.1) is 0 Å². The fraction of sp³-hybridized carbons (Fsp3) is 0.625. The van der Waals surface area contributed by atoms with Crippen molar-refractivity contribution in [1.82, 2.24) is 5.32 Å². The van der Waals surface area contributed by atoms with Crippen molar-refractivity contribution < 1.29 is 4.39 Å². The summed E-state index contributed by atoms with van der Waals surface area (Å²) >= 11 is 0. The smallest absolute Gasteiger partial charge is 0.123 e. The molecule has 0 saturated heterocycles. The van der Waals surface area contributed by atoms with Crippen LogP contribution in [0.1, 0.15) is 44.7 Å². The molecule has 1 aliphatic carbocycles. The Bertz CT molecular complexity index is 427. The lowest BCUT2D eigenvalue weighted by Gasteiger charge is -2.25. The van der Waals surface area contributed by atoms with Crippen molar-refractivity contribution in [3.8, 4) is 0 Å². The Morgan fingerprint density at radius 2 is 1.94 bits per heavy atom. The Morgan fingerprint density at radius 3 is 2.44 bits per heavy atom. The van der Waals surface area contributed by atoms with E-state index in [1.807, 2.05) is 13.0 Å². The number of hydrogen-bond donors (Lipinski definition) is 1. The van der Waals surface area contributed by atoms with Gasteiger partial charge < -0.3 is 5.32 Å². The molecular weight excluding hydrogens is 225 g/mol. The highest BCUT2D eigenvalue weighted by Gasteiger charge is 2.42. The van der Waals surface area contributed by atoms with Gasteiger partial charge in [-0.05, 0) is 75.6 Å². The van der Waals surface area contributed by atoms with Crippen molar-refractivity contribution in [3.05, 3.63) is 35.1 Å². The van der Waals surface area contributed by atoms with Gasteiger partial charge in [0, 0.05) is 12.1 Å². The van der Waals surface area contributed by atoms with Crippen molar-refractivity contribution in [1.29, 1.82) is 0 Å². The molecule has 1 N–H and O–H groups in total. The van der Waals surface area contributed by atoms with E-state index in [1.54, 1.807) is 12.1 Å². The first-order valence-electron chi connectivity index (χ1n) is 6.80. The first kappa shape index (κ1) is 13.5. The largest absolute Gasteiger partial charge is 0.312 e. The van der Waals surface area contributed by atoms with Crippen LogP contribution in [0.5, 0.6) is 0 Å². The average molecular weight is 249 g/mol. The normalized spacial score (nSPS) is 17.8. The standard InChI is InChI=1S/C16H24FN/c1-12-9-14(17)6-5-13(12)10-16(7-8-16)11-18-15(2,3)4/h5-6,9,18H,7-8,10-11H2,1-4H3. The summed E-state index contributed by atoms with van der Waals surface area (Å²) in [5.74, 6) is -0.131. The molecule has 1 aliphatic rings. The van der Waals surface area contributed by atoms with Gasteiger partial charge in [0.1, 0.15) is 5.82 Å². The molecule has 0 aliphatic heterocycles. The highest BCUT2D eigenvalue weighted by molar-refractivity contribution is 5.28. The van der Waals surface area contributed by atoms with E-state index >= 15 is 0 Å². The van der Waals surface area contributed by atoms with Crippen LogP contribution in [0.4, 0.5) is 4.39 Å². The number of rotatable bonds is 4. The van der Waals surface area contributed by atoms with Crippen LogP contribution in [-0.2, 0) is 6.42 Å². The number of hydrogen-bond acceptors (Lipinski definition) is 1. The third-order valence-electron chi connectivity index (χ3n) is 3.82. The Kier molecular flexibility index (Phi) is 3.50. The first-order chi connectivity index (χ1) is 8.30. The molecule has 2 heteroatoms. The Morgan fingerprint density at radius 1 is 1.28 bits per heavy atom. The van der Waals surface area contributed by atoms with Gasteiger partial charge in [0.15, 0.2) is 0 Å². The SMILES string of the molecule is Cc1cc(F)ccc1CC1(CNC(C)(C)C)CC1. The summed E-state index contributed by atoms with van der Waals surface area (Å²) in [6, 6.07) is 5.17. The zero-order valence-electron chi connectivity index (χ0n) is 11.9. The monoisotopic (exact) mass is 249 g/mol. The number of aryl methyl sites for hydroxylation is 1. The number of benzene rings is 1. The maximum absolute atomic E-state index is 13.1. The van der Waals surface area contributed by atoms with Gasteiger partial charge in [-0.25, -0.2) is 4.39 Å². The van der Waals surface area contributed by atoms with Gasteiger partial charge in [-0.2, -0.15) is 0 Å². The van der Waals surface area contributed by atoms with E-state index in [0.717, 1.165) is 18.5 Å². The maximum atomic E-state index is 13.1. The summed E-state index contributed by atoms with van der Waals surface area (Å²) in [5, 5.41) is 3.60. The molecule has 0 radical (unpaired) electrons. The Balaban J connectivity index is 2.00. The zero-order valence-corrected chi connectivity index (χ0v) is 11.9. The quantitative estimate of drug-likeness (QED) is 0.854. The third kappa shape index (κ3) is 3.55. The molecule has 0 aromatic heterocycles. The molecular formula is C16H24FN. The summed E-state index contributed by atoms with van der Waals surface area (Å²) in [7, 11) is 0. The summed E-state index contributed by atoms with van der Waals surface area (Å²) in [5.41, 5.74) is 2.96. The van der Waals surface area contributed by atoms with E-state index in [2.05, 4.69) is 26.1 Å². The molecule has 0 spiro atoms. The molecule has 1 saturated carbocycles. The van der Waals surface area contributed by atoms with Gasteiger partial charge in [0.2, 0.25) is 0 Å². The van der Waals surface area contributed by atoms with Crippen LogP contribution >= 0.6 is 0 Å². The molecule has 0 amide bonds. The number of halogens is 1. The van der Waals surface area contributed by atoms with E-state index < -0.39 is 0 Å². The second-order valence-corrected chi connectivity index (χ2v) is 6.85. The molecule has 100 valence electrons. The molecule has 0 unspecified atom stereocenters.